The molecule has 2 heterocycles. The SMILES string of the molecule is CN=C(NCCc1nc(C)c(C)s1)NCc1ccc(CN2CCCC(C)C2)cc1. The first-order valence-corrected chi connectivity index (χ1v) is 11.5. The molecule has 0 saturated carbocycles. The molecule has 1 aliphatic heterocycles. The van der Waals surface area contributed by atoms with E-state index in [1.165, 1.54) is 46.9 Å². The van der Waals surface area contributed by atoms with Gasteiger partial charge in [-0.05, 0) is 50.3 Å². The fourth-order valence-electron chi connectivity index (χ4n) is 3.79. The van der Waals surface area contributed by atoms with Gasteiger partial charge < -0.3 is 10.6 Å². The Morgan fingerprint density at radius 3 is 2.62 bits per heavy atom. The van der Waals surface area contributed by atoms with Gasteiger partial charge in [-0.25, -0.2) is 4.98 Å². The first kappa shape index (κ1) is 21.8. The smallest absolute Gasteiger partial charge is 0.191 e. The minimum atomic E-state index is 0.774. The van der Waals surface area contributed by atoms with Crippen LogP contribution in [0.2, 0.25) is 0 Å². The molecule has 1 aliphatic rings. The fraction of sp³-hybridized carbons (Fsp3) is 0.565. The molecule has 1 unspecified atom stereocenters. The summed E-state index contributed by atoms with van der Waals surface area (Å²) < 4.78 is 0. The van der Waals surface area contributed by atoms with Gasteiger partial charge in [0.1, 0.15) is 0 Å². The number of nitrogens with zero attached hydrogens (tertiary/aromatic N) is 3. The number of rotatable bonds is 7. The van der Waals surface area contributed by atoms with Crippen molar-refractivity contribution in [1.29, 1.82) is 0 Å². The molecule has 0 spiro atoms. The number of aliphatic imine (C=N–C) groups is 1. The van der Waals surface area contributed by atoms with E-state index in [4.69, 9.17) is 0 Å². The summed E-state index contributed by atoms with van der Waals surface area (Å²) >= 11 is 1.78. The van der Waals surface area contributed by atoms with E-state index >= 15 is 0 Å². The van der Waals surface area contributed by atoms with Crippen LogP contribution in [-0.4, -0.2) is 42.5 Å². The second-order valence-corrected chi connectivity index (χ2v) is 9.44. The van der Waals surface area contributed by atoms with Gasteiger partial charge in [-0.15, -0.1) is 11.3 Å². The molecular formula is C23H35N5S. The minimum absolute atomic E-state index is 0.774. The largest absolute Gasteiger partial charge is 0.356 e. The van der Waals surface area contributed by atoms with Crippen LogP contribution in [0.1, 0.15) is 46.5 Å². The number of piperidine rings is 1. The summed E-state index contributed by atoms with van der Waals surface area (Å²) in [5, 5.41) is 7.97. The van der Waals surface area contributed by atoms with E-state index in [0.717, 1.165) is 43.6 Å². The summed E-state index contributed by atoms with van der Waals surface area (Å²) in [4.78, 5) is 12.8. The molecule has 1 aromatic carbocycles. The van der Waals surface area contributed by atoms with E-state index < -0.39 is 0 Å². The summed E-state index contributed by atoms with van der Waals surface area (Å²) in [5.41, 5.74) is 3.82. The normalized spacial score (nSPS) is 18.1. The molecule has 5 nitrogen and oxygen atoms in total. The highest BCUT2D eigenvalue weighted by molar-refractivity contribution is 7.11. The molecule has 0 aliphatic carbocycles. The van der Waals surface area contributed by atoms with Crippen LogP contribution in [0.5, 0.6) is 0 Å². The van der Waals surface area contributed by atoms with Crippen molar-refractivity contribution in [2.45, 2.75) is 53.1 Å². The number of aromatic nitrogens is 1. The predicted molar refractivity (Wildman–Crippen MR) is 124 cm³/mol. The Kier molecular flexibility index (Phi) is 8.07. The van der Waals surface area contributed by atoms with E-state index in [1.54, 1.807) is 11.3 Å². The van der Waals surface area contributed by atoms with Crippen LogP contribution in [0, 0.1) is 19.8 Å². The Bertz CT molecular complexity index is 777. The maximum Gasteiger partial charge on any atom is 0.191 e. The van der Waals surface area contributed by atoms with E-state index in [1.807, 2.05) is 7.05 Å². The van der Waals surface area contributed by atoms with E-state index in [-0.39, 0.29) is 0 Å². The highest BCUT2D eigenvalue weighted by Gasteiger charge is 2.16. The van der Waals surface area contributed by atoms with Gasteiger partial charge in [0.15, 0.2) is 5.96 Å². The second-order valence-electron chi connectivity index (χ2n) is 8.15. The maximum absolute atomic E-state index is 4.60. The molecule has 0 radical (unpaired) electrons. The van der Waals surface area contributed by atoms with Gasteiger partial charge in [0, 0.05) is 44.5 Å². The molecule has 0 bridgehead atoms. The van der Waals surface area contributed by atoms with Crippen LogP contribution in [-0.2, 0) is 19.5 Å². The number of benzene rings is 1. The lowest BCUT2D eigenvalue weighted by atomic mass is 9.99. The quantitative estimate of drug-likeness (QED) is 0.534. The number of likely N-dealkylation sites (tertiary alicyclic amines) is 1. The summed E-state index contributed by atoms with van der Waals surface area (Å²) in [6, 6.07) is 8.98. The molecule has 1 aromatic heterocycles. The molecule has 3 rings (SSSR count). The molecule has 2 aromatic rings. The number of hydrogen-bond acceptors (Lipinski definition) is 4. The molecule has 0 amide bonds. The van der Waals surface area contributed by atoms with Gasteiger partial charge in [0.05, 0.1) is 10.7 Å². The van der Waals surface area contributed by atoms with Crippen molar-refractivity contribution in [3.05, 3.63) is 51.0 Å². The van der Waals surface area contributed by atoms with E-state index in [2.05, 4.69) is 70.5 Å². The number of thiazole rings is 1. The van der Waals surface area contributed by atoms with Gasteiger partial charge >= 0.3 is 0 Å². The average molecular weight is 414 g/mol. The van der Waals surface area contributed by atoms with Crippen LogP contribution < -0.4 is 10.6 Å². The zero-order valence-electron chi connectivity index (χ0n) is 18.3. The van der Waals surface area contributed by atoms with Crippen molar-refractivity contribution in [2.24, 2.45) is 10.9 Å². The topological polar surface area (TPSA) is 52.6 Å². The highest BCUT2D eigenvalue weighted by atomic mass is 32.1. The van der Waals surface area contributed by atoms with Crippen LogP contribution in [0.3, 0.4) is 0 Å². The van der Waals surface area contributed by atoms with Crippen molar-refractivity contribution >= 4 is 17.3 Å². The van der Waals surface area contributed by atoms with Crippen molar-refractivity contribution < 1.29 is 0 Å². The lowest BCUT2D eigenvalue weighted by Crippen LogP contribution is -2.37. The first-order valence-electron chi connectivity index (χ1n) is 10.7. The Labute approximate surface area is 179 Å². The summed E-state index contributed by atoms with van der Waals surface area (Å²) in [7, 11) is 1.82. The lowest BCUT2D eigenvalue weighted by Gasteiger charge is -2.30. The molecule has 1 atom stereocenters. The lowest BCUT2D eigenvalue weighted by molar-refractivity contribution is 0.176. The second kappa shape index (κ2) is 10.7. The van der Waals surface area contributed by atoms with Crippen LogP contribution in [0.15, 0.2) is 29.3 Å². The van der Waals surface area contributed by atoms with Crippen LogP contribution >= 0.6 is 11.3 Å². The number of nitrogens with one attached hydrogen (secondary N) is 2. The van der Waals surface area contributed by atoms with Crippen molar-refractivity contribution in [2.75, 3.05) is 26.7 Å². The third kappa shape index (κ3) is 6.82. The fourth-order valence-corrected chi connectivity index (χ4v) is 4.72. The summed E-state index contributed by atoms with van der Waals surface area (Å²) in [6.45, 7) is 11.7. The van der Waals surface area contributed by atoms with Crippen molar-refractivity contribution in [1.82, 2.24) is 20.5 Å². The highest BCUT2D eigenvalue weighted by Crippen LogP contribution is 2.18. The zero-order valence-corrected chi connectivity index (χ0v) is 19.1. The van der Waals surface area contributed by atoms with Gasteiger partial charge in [0.25, 0.3) is 0 Å². The molecule has 29 heavy (non-hydrogen) atoms. The van der Waals surface area contributed by atoms with Gasteiger partial charge in [-0.2, -0.15) is 0 Å². The van der Waals surface area contributed by atoms with Gasteiger partial charge in [-0.1, -0.05) is 31.2 Å². The Balaban J connectivity index is 1.40. The molecule has 158 valence electrons. The standard InChI is InChI=1S/C23H35N5S/c1-17-6-5-13-28(15-17)16-21-9-7-20(8-10-21)14-26-23(24-4)25-12-11-22-27-18(2)19(3)29-22/h7-10,17H,5-6,11-16H2,1-4H3,(H2,24,25,26). The maximum atomic E-state index is 4.60. The van der Waals surface area contributed by atoms with Crippen LogP contribution in [0.4, 0.5) is 0 Å². The minimum Gasteiger partial charge on any atom is -0.356 e. The molecule has 1 fully saturated rings. The molecule has 2 N–H and O–H groups in total. The number of aryl methyl sites for hydroxylation is 2. The Morgan fingerprint density at radius 2 is 1.97 bits per heavy atom. The predicted octanol–water partition coefficient (Wildman–Crippen LogP) is 3.90. The zero-order chi connectivity index (χ0) is 20.6. The van der Waals surface area contributed by atoms with E-state index in [9.17, 15) is 0 Å². The van der Waals surface area contributed by atoms with Gasteiger partial charge in [-0.3, -0.25) is 9.89 Å². The average Bonchev–Trinajstić information content (AvgIpc) is 3.03. The number of hydrogen-bond donors (Lipinski definition) is 2. The summed E-state index contributed by atoms with van der Waals surface area (Å²) in [6.07, 6.45) is 3.63. The monoisotopic (exact) mass is 413 g/mol. The number of guanidine groups is 1. The van der Waals surface area contributed by atoms with E-state index in [0.29, 0.717) is 0 Å². The Hall–Kier alpha value is -1.92. The van der Waals surface area contributed by atoms with Crippen LogP contribution in [0.25, 0.3) is 0 Å². The Morgan fingerprint density at radius 1 is 1.21 bits per heavy atom. The summed E-state index contributed by atoms with van der Waals surface area (Å²) in [5.74, 6) is 1.66. The molecular weight excluding hydrogens is 378 g/mol. The van der Waals surface area contributed by atoms with Gasteiger partial charge in [0.2, 0.25) is 0 Å². The molecule has 6 heteroatoms. The molecule has 1 saturated heterocycles. The third-order valence-corrected chi connectivity index (χ3v) is 6.69. The van der Waals surface area contributed by atoms with Crippen molar-refractivity contribution in [3.8, 4) is 0 Å². The third-order valence-electron chi connectivity index (χ3n) is 5.56. The first-order chi connectivity index (χ1) is 14.0. The van der Waals surface area contributed by atoms with Crippen molar-refractivity contribution in [3.63, 3.8) is 0 Å².